The van der Waals surface area contributed by atoms with Gasteiger partial charge in [0.1, 0.15) is 5.75 Å². The molecule has 1 rings (SSSR count). The maximum Gasteiger partial charge on any atom is 0.206 e. The first-order valence-corrected chi connectivity index (χ1v) is 4.49. The fraction of sp³-hybridized carbons (Fsp3) is 1.00. The van der Waals surface area contributed by atoms with Crippen molar-refractivity contribution in [3.05, 3.63) is 5.21 Å². The zero-order valence-electron chi connectivity index (χ0n) is 5.20. The third kappa shape index (κ3) is 1.64. The summed E-state index contributed by atoms with van der Waals surface area (Å²) in [6.45, 7) is 0.211. The topological polar surface area (TPSA) is 57.2 Å². The van der Waals surface area contributed by atoms with Gasteiger partial charge in [-0.3, -0.25) is 0 Å². The molecule has 0 saturated carbocycles. The maximum atomic E-state index is 10.9. The van der Waals surface area contributed by atoms with E-state index in [2.05, 4.69) is 0 Å². The minimum absolute atomic E-state index is 0.0486. The van der Waals surface area contributed by atoms with Crippen molar-refractivity contribution in [3.63, 3.8) is 0 Å². The predicted octanol–water partition coefficient (Wildman–Crippen LogP) is -0.683. The van der Waals surface area contributed by atoms with Gasteiger partial charge < -0.3 is 9.85 Å². The summed E-state index contributed by atoms with van der Waals surface area (Å²) < 4.78 is 20.6. The van der Waals surface area contributed by atoms with Crippen molar-refractivity contribution in [1.29, 1.82) is 0 Å². The largest absolute Gasteiger partial charge is 0.632 e. The molecule has 9 heavy (non-hydrogen) atoms. The molecular weight excluding hydrogens is 142 g/mol. The first-order valence-electron chi connectivity index (χ1n) is 2.67. The predicted molar refractivity (Wildman–Crippen MR) is 33.1 cm³/mol. The summed E-state index contributed by atoms with van der Waals surface area (Å²) in [5.41, 5.74) is 0. The molecule has 1 unspecified atom stereocenters. The molecule has 0 aromatic heterocycles. The Morgan fingerprint density at radius 3 is 2.22 bits per heavy atom. The average Bonchev–Trinajstić information content (AvgIpc) is 1.78. The normalized spacial score (nSPS) is 41.1. The van der Waals surface area contributed by atoms with E-state index in [9.17, 15) is 13.6 Å². The Hall–Kier alpha value is -0.130. The molecule has 1 heterocycles. The van der Waals surface area contributed by atoms with Crippen molar-refractivity contribution >= 4 is 9.84 Å². The molecule has 1 saturated heterocycles. The lowest BCUT2D eigenvalue weighted by Crippen LogP contribution is -2.34. The quantitative estimate of drug-likeness (QED) is 0.340. The molecule has 0 aromatic carbocycles. The number of quaternary nitrogens is 1. The summed E-state index contributed by atoms with van der Waals surface area (Å²) in [5, 5.41) is 10.9. The van der Waals surface area contributed by atoms with Gasteiger partial charge in [-0.1, -0.05) is 0 Å². The highest BCUT2D eigenvalue weighted by atomic mass is 32.2. The second kappa shape index (κ2) is 1.68. The zero-order valence-corrected chi connectivity index (χ0v) is 6.02. The Kier molecular flexibility index (Phi) is 1.30. The molecule has 5 heteroatoms. The highest BCUT2D eigenvalue weighted by Gasteiger charge is 2.30. The fourth-order valence-electron chi connectivity index (χ4n) is 0.877. The summed E-state index contributed by atoms with van der Waals surface area (Å²) >= 11 is 0. The minimum atomic E-state index is -2.99. The van der Waals surface area contributed by atoms with Gasteiger partial charge in [-0.2, -0.15) is 0 Å². The van der Waals surface area contributed by atoms with Gasteiger partial charge in [-0.25, -0.2) is 8.42 Å². The maximum absolute atomic E-state index is 10.9. The van der Waals surface area contributed by atoms with Crippen LogP contribution in [0, 0.1) is 5.21 Å². The summed E-state index contributed by atoms with van der Waals surface area (Å²) in [6.07, 6.45) is 0. The van der Waals surface area contributed by atoms with Crippen molar-refractivity contribution < 1.29 is 13.1 Å². The van der Waals surface area contributed by atoms with Gasteiger partial charge in [0.25, 0.3) is 0 Å². The van der Waals surface area contributed by atoms with Gasteiger partial charge in [0.15, 0.2) is 5.88 Å². The summed E-state index contributed by atoms with van der Waals surface area (Å²) in [7, 11) is -1.61. The van der Waals surface area contributed by atoms with Crippen LogP contribution in [0.25, 0.3) is 0 Å². The lowest BCUT2D eigenvalue weighted by atomic mass is 10.7. The molecule has 1 aliphatic rings. The van der Waals surface area contributed by atoms with E-state index < -0.39 is 14.5 Å². The van der Waals surface area contributed by atoms with Crippen LogP contribution >= 0.6 is 0 Å². The lowest BCUT2D eigenvalue weighted by Gasteiger charge is -2.31. The summed E-state index contributed by atoms with van der Waals surface area (Å²) in [4.78, 5) is 0. The molecule has 0 amide bonds. The number of sulfone groups is 1. The van der Waals surface area contributed by atoms with Crippen LogP contribution in [0.3, 0.4) is 0 Å². The highest BCUT2D eigenvalue weighted by molar-refractivity contribution is 7.91. The summed E-state index contributed by atoms with van der Waals surface area (Å²) in [5.74, 6) is -0.194. The zero-order chi connectivity index (χ0) is 7.12. The summed E-state index contributed by atoms with van der Waals surface area (Å²) in [6, 6.07) is 0. The number of hydrogen-bond acceptors (Lipinski definition) is 3. The second-order valence-electron chi connectivity index (χ2n) is 2.60. The van der Waals surface area contributed by atoms with Crippen molar-refractivity contribution in [2.45, 2.75) is 0 Å². The first kappa shape index (κ1) is 6.98. The number of nitrogens with zero attached hydrogens (tertiary/aromatic N) is 1. The second-order valence-corrected chi connectivity index (χ2v) is 4.75. The van der Waals surface area contributed by atoms with Crippen molar-refractivity contribution in [2.24, 2.45) is 0 Å². The average molecular weight is 151 g/mol. The van der Waals surface area contributed by atoms with Crippen molar-refractivity contribution in [2.75, 3.05) is 25.2 Å². The third-order valence-corrected chi connectivity index (χ3v) is 3.09. The molecule has 1 atom stereocenters. The lowest BCUT2D eigenvalue weighted by molar-refractivity contribution is -0.840. The van der Waals surface area contributed by atoms with E-state index in [4.69, 9.17) is 0 Å². The van der Waals surface area contributed by atoms with E-state index in [1.165, 1.54) is 7.05 Å². The van der Waals surface area contributed by atoms with Crippen LogP contribution in [0.2, 0.25) is 0 Å². The highest BCUT2D eigenvalue weighted by Crippen LogP contribution is 2.12. The van der Waals surface area contributed by atoms with E-state index in [0.717, 1.165) is 0 Å². The van der Waals surface area contributed by atoms with Gasteiger partial charge in [-0.15, -0.1) is 0 Å². The molecule has 0 radical (unpaired) electrons. The standard InChI is InChI=1S/C4H9NO3S/c1-5(6)2-3-9(7,8)4-5/h2-4H2,1H3. The molecule has 4 nitrogen and oxygen atoms in total. The number of rotatable bonds is 0. The monoisotopic (exact) mass is 151 g/mol. The Balaban J connectivity index is 2.81. The smallest absolute Gasteiger partial charge is 0.206 e. The van der Waals surface area contributed by atoms with E-state index in [1.54, 1.807) is 0 Å². The molecule has 0 aliphatic carbocycles. The molecule has 0 aromatic rings. The fourth-order valence-corrected chi connectivity index (χ4v) is 2.63. The number of hydroxylamine groups is 3. The van der Waals surface area contributed by atoms with E-state index in [0.29, 0.717) is 0 Å². The van der Waals surface area contributed by atoms with Crippen molar-refractivity contribution in [3.8, 4) is 0 Å². The molecular formula is C4H9NO3S. The van der Waals surface area contributed by atoms with Crippen molar-refractivity contribution in [1.82, 2.24) is 0 Å². The third-order valence-electron chi connectivity index (χ3n) is 1.35. The Morgan fingerprint density at radius 2 is 2.11 bits per heavy atom. The van der Waals surface area contributed by atoms with Gasteiger partial charge in [0.2, 0.25) is 9.84 Å². The van der Waals surface area contributed by atoms with Gasteiger partial charge in [-0.05, 0) is 0 Å². The van der Waals surface area contributed by atoms with Crippen LogP contribution in [-0.2, 0) is 9.84 Å². The molecule has 54 valence electrons. The Labute approximate surface area is 54.2 Å². The molecule has 1 aliphatic heterocycles. The molecule has 0 N–H and O–H groups in total. The van der Waals surface area contributed by atoms with Crippen LogP contribution in [0.5, 0.6) is 0 Å². The Morgan fingerprint density at radius 1 is 1.56 bits per heavy atom. The van der Waals surface area contributed by atoms with Crippen LogP contribution in [0.4, 0.5) is 0 Å². The van der Waals surface area contributed by atoms with Crippen LogP contribution in [-0.4, -0.2) is 38.3 Å². The molecule has 0 bridgehead atoms. The number of hydrogen-bond donors (Lipinski definition) is 0. The van der Waals surface area contributed by atoms with E-state index >= 15 is 0 Å². The van der Waals surface area contributed by atoms with Crippen LogP contribution in [0.15, 0.2) is 0 Å². The van der Waals surface area contributed by atoms with Gasteiger partial charge in [0.05, 0.1) is 13.6 Å². The first-order chi connectivity index (χ1) is 3.91. The Bertz CT molecular complexity index is 206. The van der Waals surface area contributed by atoms with Gasteiger partial charge in [0, 0.05) is 0 Å². The van der Waals surface area contributed by atoms with Gasteiger partial charge >= 0.3 is 0 Å². The molecule has 1 fully saturated rings. The van der Waals surface area contributed by atoms with E-state index in [-0.39, 0.29) is 18.2 Å². The SMILES string of the molecule is C[N+]1([O-])CCS(=O)(=O)C1. The van der Waals surface area contributed by atoms with Crippen LogP contribution < -0.4 is 0 Å². The van der Waals surface area contributed by atoms with E-state index in [1.807, 2.05) is 0 Å². The minimum Gasteiger partial charge on any atom is -0.632 e. The van der Waals surface area contributed by atoms with Crippen LogP contribution in [0.1, 0.15) is 0 Å². The molecule has 0 spiro atoms.